The van der Waals surface area contributed by atoms with Gasteiger partial charge in [-0.05, 0) is 16.8 Å². The van der Waals surface area contributed by atoms with Crippen molar-refractivity contribution in [3.63, 3.8) is 0 Å². The van der Waals surface area contributed by atoms with Crippen molar-refractivity contribution in [2.75, 3.05) is 0 Å². The van der Waals surface area contributed by atoms with Crippen LogP contribution in [0.3, 0.4) is 0 Å². The largest absolute Gasteiger partial charge is 0.144 e. The first-order valence-corrected chi connectivity index (χ1v) is 5.10. The van der Waals surface area contributed by atoms with Crippen molar-refractivity contribution in [3.8, 4) is 0 Å². The van der Waals surface area contributed by atoms with E-state index in [4.69, 9.17) is 0 Å². The van der Waals surface area contributed by atoms with Crippen molar-refractivity contribution in [2.45, 2.75) is 0 Å². The number of benzene rings is 1. The fourth-order valence-electron chi connectivity index (χ4n) is 1.17. The van der Waals surface area contributed by atoms with Gasteiger partial charge in [0, 0.05) is 4.70 Å². The molecule has 64 valence electrons. The van der Waals surface area contributed by atoms with E-state index in [9.17, 15) is 0 Å². The summed E-state index contributed by atoms with van der Waals surface area (Å²) in [6, 6.07) is 18.7. The lowest BCUT2D eigenvalue weighted by atomic mass is 10.2. The van der Waals surface area contributed by atoms with Gasteiger partial charge in [-0.3, -0.25) is 0 Å². The van der Waals surface area contributed by atoms with Gasteiger partial charge in [0.15, 0.2) is 0 Å². The van der Waals surface area contributed by atoms with Crippen molar-refractivity contribution < 1.29 is 0 Å². The van der Waals surface area contributed by atoms with E-state index in [1.165, 1.54) is 10.1 Å². The first-order valence-electron chi connectivity index (χ1n) is 4.22. The molecule has 0 amide bonds. The molecule has 2 aromatic rings. The van der Waals surface area contributed by atoms with E-state index in [0.717, 1.165) is 0 Å². The molecule has 0 saturated heterocycles. The molecule has 0 aliphatic heterocycles. The van der Waals surface area contributed by atoms with E-state index in [-0.39, 0.29) is 0 Å². The summed E-state index contributed by atoms with van der Waals surface area (Å²) in [4.78, 5) is 0. The fourth-order valence-corrected chi connectivity index (χ4v) is 1.92. The summed E-state index contributed by atoms with van der Waals surface area (Å²) < 4.78 is 1.30. The molecule has 2 rings (SSSR count). The van der Waals surface area contributed by atoms with Crippen LogP contribution in [-0.4, -0.2) is 0 Å². The van der Waals surface area contributed by atoms with Gasteiger partial charge in [0.2, 0.25) is 0 Å². The standard InChI is InChI=1S/C12H10S/c1-2-6-10-13-12-9-5-4-8-11(12)7-3-1/h1-10H. The Labute approximate surface area is 81.8 Å². The zero-order valence-corrected chi connectivity index (χ0v) is 8.00. The van der Waals surface area contributed by atoms with Gasteiger partial charge >= 0.3 is 0 Å². The van der Waals surface area contributed by atoms with Gasteiger partial charge < -0.3 is 0 Å². The first-order chi connectivity index (χ1) is 6.47. The average molecular weight is 186 g/mol. The average Bonchev–Trinajstić information content (AvgIpc) is 2.28. The SMILES string of the molecule is c1cccc2ccccc2scc1. The maximum Gasteiger partial charge on any atom is 0.0342 e. The highest BCUT2D eigenvalue weighted by Crippen LogP contribution is 2.14. The van der Waals surface area contributed by atoms with E-state index in [0.29, 0.717) is 0 Å². The third kappa shape index (κ3) is 2.07. The molecule has 1 heterocycles. The maximum absolute atomic E-state index is 2.14. The molecule has 0 spiro atoms. The van der Waals surface area contributed by atoms with Crippen LogP contribution < -0.4 is 0 Å². The molecule has 0 atom stereocenters. The quantitative estimate of drug-likeness (QED) is 0.582. The van der Waals surface area contributed by atoms with Crippen molar-refractivity contribution in [1.82, 2.24) is 0 Å². The molecule has 1 aromatic heterocycles. The molecule has 0 radical (unpaired) electrons. The minimum Gasteiger partial charge on any atom is -0.144 e. The van der Waals surface area contributed by atoms with Crippen LogP contribution in [0.2, 0.25) is 0 Å². The maximum atomic E-state index is 2.14. The summed E-state index contributed by atoms with van der Waals surface area (Å²) in [7, 11) is 0. The molecule has 0 N–H and O–H groups in total. The summed E-state index contributed by atoms with van der Waals surface area (Å²) in [6.07, 6.45) is 0. The topological polar surface area (TPSA) is 0 Å². The second-order valence-electron chi connectivity index (χ2n) is 2.73. The predicted molar refractivity (Wildman–Crippen MR) is 59.5 cm³/mol. The summed E-state index contributed by atoms with van der Waals surface area (Å²) in [5, 5.41) is 3.38. The Morgan fingerprint density at radius 3 is 2.31 bits per heavy atom. The van der Waals surface area contributed by atoms with E-state index < -0.39 is 0 Å². The molecule has 1 aromatic carbocycles. The van der Waals surface area contributed by atoms with Crippen molar-refractivity contribution in [2.24, 2.45) is 0 Å². The van der Waals surface area contributed by atoms with Crippen LogP contribution in [0, 0.1) is 0 Å². The predicted octanol–water partition coefficient (Wildman–Crippen LogP) is 4.03. The van der Waals surface area contributed by atoms with Crippen LogP contribution in [0.5, 0.6) is 0 Å². The van der Waals surface area contributed by atoms with Crippen LogP contribution in [0.4, 0.5) is 0 Å². The number of rotatable bonds is 0. The van der Waals surface area contributed by atoms with E-state index >= 15 is 0 Å². The molecule has 0 aliphatic rings. The van der Waals surface area contributed by atoms with Crippen LogP contribution in [0.15, 0.2) is 60.0 Å². The van der Waals surface area contributed by atoms with E-state index in [1.807, 2.05) is 12.1 Å². The van der Waals surface area contributed by atoms with Crippen molar-refractivity contribution in [3.05, 3.63) is 60.0 Å². The molecule has 0 unspecified atom stereocenters. The Morgan fingerprint density at radius 1 is 0.692 bits per heavy atom. The third-order valence-corrected chi connectivity index (χ3v) is 2.72. The Morgan fingerprint density at radius 2 is 1.38 bits per heavy atom. The lowest BCUT2D eigenvalue weighted by Gasteiger charge is -1.88. The summed E-state index contributed by atoms with van der Waals surface area (Å²) in [5.41, 5.74) is 0. The Kier molecular flexibility index (Phi) is 2.58. The highest BCUT2D eigenvalue weighted by molar-refractivity contribution is 7.16. The van der Waals surface area contributed by atoms with Crippen molar-refractivity contribution in [1.29, 1.82) is 0 Å². The smallest absolute Gasteiger partial charge is 0.0342 e. The minimum absolute atomic E-state index is 1.28. The van der Waals surface area contributed by atoms with E-state index in [1.54, 1.807) is 11.3 Å². The van der Waals surface area contributed by atoms with Gasteiger partial charge in [-0.2, -0.15) is 0 Å². The Hall–Kier alpha value is -1.34. The Bertz CT molecular complexity index is 401. The number of fused-ring (bicyclic) bond motifs is 1. The fraction of sp³-hybridized carbons (Fsp3) is 0. The number of hydrogen-bond acceptors (Lipinski definition) is 1. The number of hydrogen-bond donors (Lipinski definition) is 0. The van der Waals surface area contributed by atoms with Gasteiger partial charge in [0.25, 0.3) is 0 Å². The second kappa shape index (κ2) is 4.06. The molecule has 0 fully saturated rings. The van der Waals surface area contributed by atoms with Crippen LogP contribution in [0.25, 0.3) is 10.1 Å². The second-order valence-corrected chi connectivity index (χ2v) is 3.68. The van der Waals surface area contributed by atoms with Crippen LogP contribution >= 0.6 is 11.3 Å². The molecule has 0 saturated carbocycles. The molecule has 13 heavy (non-hydrogen) atoms. The molecule has 0 nitrogen and oxygen atoms in total. The highest BCUT2D eigenvalue weighted by atomic mass is 32.1. The van der Waals surface area contributed by atoms with Gasteiger partial charge in [0.05, 0.1) is 0 Å². The normalized spacial score (nSPS) is 9.54. The summed E-state index contributed by atoms with van der Waals surface area (Å²) in [5.74, 6) is 0. The molecule has 1 heteroatoms. The molecule has 0 bridgehead atoms. The van der Waals surface area contributed by atoms with Gasteiger partial charge in [-0.25, -0.2) is 0 Å². The van der Waals surface area contributed by atoms with Gasteiger partial charge in [0.1, 0.15) is 0 Å². The van der Waals surface area contributed by atoms with Crippen LogP contribution in [0.1, 0.15) is 0 Å². The molecular formula is C12H10S. The Balaban J connectivity index is 2.82. The lowest BCUT2D eigenvalue weighted by molar-refractivity contribution is 1.81. The van der Waals surface area contributed by atoms with E-state index in [2.05, 4.69) is 47.8 Å². The monoisotopic (exact) mass is 186 g/mol. The summed E-state index contributed by atoms with van der Waals surface area (Å²) >= 11 is 1.75. The van der Waals surface area contributed by atoms with Gasteiger partial charge in [-0.1, -0.05) is 48.5 Å². The van der Waals surface area contributed by atoms with Crippen molar-refractivity contribution >= 4 is 21.4 Å². The first kappa shape index (κ1) is 8.27. The van der Waals surface area contributed by atoms with Crippen LogP contribution in [-0.2, 0) is 0 Å². The van der Waals surface area contributed by atoms with Gasteiger partial charge in [-0.15, -0.1) is 11.3 Å². The minimum atomic E-state index is 1.28. The highest BCUT2D eigenvalue weighted by Gasteiger charge is 1.84. The zero-order chi connectivity index (χ0) is 8.93. The molecular weight excluding hydrogens is 176 g/mol. The lowest BCUT2D eigenvalue weighted by Crippen LogP contribution is -1.60. The third-order valence-electron chi connectivity index (χ3n) is 1.80. The summed E-state index contributed by atoms with van der Waals surface area (Å²) in [6.45, 7) is 0. The molecule has 0 aliphatic carbocycles. The zero-order valence-electron chi connectivity index (χ0n) is 7.18.